The molecule has 2 aromatic heterocycles. The van der Waals surface area contributed by atoms with Crippen molar-refractivity contribution in [1.82, 2.24) is 19.9 Å². The molecule has 1 aliphatic carbocycles. The molecule has 0 aromatic carbocycles. The van der Waals surface area contributed by atoms with Crippen LogP contribution in [0.3, 0.4) is 0 Å². The lowest BCUT2D eigenvalue weighted by Gasteiger charge is -2.38. The molecule has 1 saturated carbocycles. The summed E-state index contributed by atoms with van der Waals surface area (Å²) in [5.74, 6) is 4.37. The van der Waals surface area contributed by atoms with Crippen molar-refractivity contribution in [3.8, 4) is 0 Å². The Balaban J connectivity index is 1.41. The summed E-state index contributed by atoms with van der Waals surface area (Å²) in [6, 6.07) is 4.53. The van der Waals surface area contributed by atoms with Crippen LogP contribution in [0.5, 0.6) is 0 Å². The van der Waals surface area contributed by atoms with Crippen LogP contribution in [-0.2, 0) is 0 Å². The Morgan fingerprint density at radius 1 is 1.00 bits per heavy atom. The second-order valence-electron chi connectivity index (χ2n) is 7.59. The lowest BCUT2D eigenvalue weighted by atomic mass is 9.92. The molecule has 3 aliphatic rings. The zero-order valence-electron chi connectivity index (χ0n) is 14.7. The zero-order chi connectivity index (χ0) is 16.8. The lowest BCUT2D eigenvalue weighted by molar-refractivity contribution is 0.386. The molecule has 2 unspecified atom stereocenters. The molecule has 2 saturated heterocycles. The highest BCUT2D eigenvalue weighted by atomic mass is 15.3. The molecule has 3 fully saturated rings. The Kier molecular flexibility index (Phi) is 3.57. The maximum absolute atomic E-state index is 4.93. The van der Waals surface area contributed by atoms with Crippen LogP contribution in [0, 0.1) is 12.8 Å². The van der Waals surface area contributed by atoms with E-state index in [1.807, 2.05) is 18.5 Å². The van der Waals surface area contributed by atoms with Crippen LogP contribution in [0.4, 0.5) is 11.8 Å². The van der Waals surface area contributed by atoms with Gasteiger partial charge < -0.3 is 9.80 Å². The van der Waals surface area contributed by atoms with Crippen molar-refractivity contribution >= 4 is 11.8 Å². The van der Waals surface area contributed by atoms with Gasteiger partial charge in [-0.25, -0.2) is 19.9 Å². The Hall–Kier alpha value is -2.24. The maximum Gasteiger partial charge on any atom is 0.225 e. The number of piperidine rings is 1. The summed E-state index contributed by atoms with van der Waals surface area (Å²) < 4.78 is 0. The van der Waals surface area contributed by atoms with Crippen LogP contribution < -0.4 is 9.80 Å². The van der Waals surface area contributed by atoms with Gasteiger partial charge in [-0.2, -0.15) is 0 Å². The molecular formula is C19H24N6. The number of hydrogen-bond acceptors (Lipinski definition) is 6. The predicted molar refractivity (Wildman–Crippen MR) is 96.8 cm³/mol. The first-order valence-corrected chi connectivity index (χ1v) is 9.42. The molecule has 6 nitrogen and oxygen atoms in total. The third kappa shape index (κ3) is 2.83. The van der Waals surface area contributed by atoms with Crippen LogP contribution in [0.2, 0.25) is 0 Å². The van der Waals surface area contributed by atoms with E-state index in [9.17, 15) is 0 Å². The number of anilines is 2. The second kappa shape index (κ2) is 5.93. The summed E-state index contributed by atoms with van der Waals surface area (Å²) in [5.41, 5.74) is 1.09. The summed E-state index contributed by atoms with van der Waals surface area (Å²) in [6.45, 7) is 5.22. The van der Waals surface area contributed by atoms with Gasteiger partial charge in [0.05, 0.1) is 6.04 Å². The summed E-state index contributed by atoms with van der Waals surface area (Å²) >= 11 is 0. The molecular weight excluding hydrogens is 312 g/mol. The molecule has 4 heterocycles. The van der Waals surface area contributed by atoms with Gasteiger partial charge in [0.25, 0.3) is 0 Å². The van der Waals surface area contributed by atoms with Gasteiger partial charge in [0.2, 0.25) is 5.95 Å². The van der Waals surface area contributed by atoms with E-state index in [4.69, 9.17) is 4.98 Å². The second-order valence-corrected chi connectivity index (χ2v) is 7.59. The number of rotatable bonds is 3. The van der Waals surface area contributed by atoms with Crippen LogP contribution in [-0.4, -0.2) is 45.6 Å². The number of nitrogens with zero attached hydrogens (tertiary/aromatic N) is 6. The van der Waals surface area contributed by atoms with E-state index in [0.29, 0.717) is 12.0 Å². The highest BCUT2D eigenvalue weighted by Crippen LogP contribution is 2.40. The van der Waals surface area contributed by atoms with Gasteiger partial charge in [0.1, 0.15) is 11.6 Å². The fourth-order valence-corrected chi connectivity index (χ4v) is 4.31. The standard InChI is InChI=1S/C19H24N6/c1-13-11-17(23-18(22-13)15-3-4-15)25-10-6-14-5-9-24(12-16(14)25)19-20-7-2-8-21-19/h2,7-8,11,14-16H,3-6,9-10,12H2,1H3. The Morgan fingerprint density at radius 3 is 2.60 bits per heavy atom. The van der Waals surface area contributed by atoms with Crippen molar-refractivity contribution in [2.75, 3.05) is 29.4 Å². The van der Waals surface area contributed by atoms with Crippen molar-refractivity contribution in [2.45, 2.75) is 44.6 Å². The normalized spacial score (nSPS) is 26.0. The number of hydrogen-bond donors (Lipinski definition) is 0. The molecule has 5 rings (SSSR count). The molecule has 0 bridgehead atoms. The molecule has 0 radical (unpaired) electrons. The van der Waals surface area contributed by atoms with E-state index in [1.165, 1.54) is 25.7 Å². The first kappa shape index (κ1) is 15.0. The molecule has 0 N–H and O–H groups in total. The molecule has 2 atom stereocenters. The zero-order valence-corrected chi connectivity index (χ0v) is 14.7. The number of aromatic nitrogens is 4. The first-order valence-electron chi connectivity index (χ1n) is 9.42. The van der Waals surface area contributed by atoms with Crippen LogP contribution >= 0.6 is 0 Å². The van der Waals surface area contributed by atoms with Gasteiger partial charge >= 0.3 is 0 Å². The van der Waals surface area contributed by atoms with Crippen molar-refractivity contribution < 1.29 is 0 Å². The monoisotopic (exact) mass is 336 g/mol. The molecule has 130 valence electrons. The lowest BCUT2D eigenvalue weighted by Crippen LogP contribution is -2.49. The molecule has 2 aromatic rings. The average molecular weight is 336 g/mol. The van der Waals surface area contributed by atoms with E-state index in [1.54, 1.807) is 0 Å². The number of fused-ring (bicyclic) bond motifs is 1. The third-order valence-corrected chi connectivity index (χ3v) is 5.79. The van der Waals surface area contributed by atoms with Crippen molar-refractivity contribution in [3.05, 3.63) is 36.0 Å². The summed E-state index contributed by atoms with van der Waals surface area (Å²) in [4.78, 5) is 23.3. The van der Waals surface area contributed by atoms with Crippen LogP contribution in [0.1, 0.15) is 43.1 Å². The van der Waals surface area contributed by atoms with Crippen molar-refractivity contribution in [3.63, 3.8) is 0 Å². The minimum absolute atomic E-state index is 0.499. The van der Waals surface area contributed by atoms with Crippen LogP contribution in [0.25, 0.3) is 0 Å². The SMILES string of the molecule is Cc1cc(N2CCC3CCN(c4ncccn4)CC32)nc(C2CC2)n1. The molecule has 2 aliphatic heterocycles. The Labute approximate surface area is 148 Å². The van der Waals surface area contributed by atoms with Gasteiger partial charge in [0, 0.05) is 49.7 Å². The van der Waals surface area contributed by atoms with Gasteiger partial charge in [0.15, 0.2) is 0 Å². The quantitative estimate of drug-likeness (QED) is 0.858. The van der Waals surface area contributed by atoms with Crippen LogP contribution in [0.15, 0.2) is 24.5 Å². The average Bonchev–Trinajstić information content (AvgIpc) is 3.41. The minimum Gasteiger partial charge on any atom is -0.351 e. The van der Waals surface area contributed by atoms with E-state index in [-0.39, 0.29) is 0 Å². The molecule has 0 spiro atoms. The summed E-state index contributed by atoms with van der Waals surface area (Å²) in [5, 5.41) is 0. The topological polar surface area (TPSA) is 58.0 Å². The Bertz CT molecular complexity index is 760. The highest BCUT2D eigenvalue weighted by Gasteiger charge is 2.40. The van der Waals surface area contributed by atoms with Gasteiger partial charge in [-0.3, -0.25) is 0 Å². The van der Waals surface area contributed by atoms with Gasteiger partial charge in [-0.1, -0.05) is 0 Å². The van der Waals surface area contributed by atoms with Gasteiger partial charge in [-0.15, -0.1) is 0 Å². The smallest absolute Gasteiger partial charge is 0.225 e. The van der Waals surface area contributed by atoms with Crippen molar-refractivity contribution in [2.24, 2.45) is 5.92 Å². The third-order valence-electron chi connectivity index (χ3n) is 5.79. The fourth-order valence-electron chi connectivity index (χ4n) is 4.31. The van der Waals surface area contributed by atoms with E-state index in [0.717, 1.165) is 48.8 Å². The molecule has 6 heteroatoms. The Morgan fingerprint density at radius 2 is 1.80 bits per heavy atom. The van der Waals surface area contributed by atoms with Gasteiger partial charge in [-0.05, 0) is 44.6 Å². The first-order chi connectivity index (χ1) is 12.3. The summed E-state index contributed by atoms with van der Waals surface area (Å²) in [7, 11) is 0. The predicted octanol–water partition coefficient (Wildman–Crippen LogP) is 2.56. The maximum atomic E-state index is 4.93. The van der Waals surface area contributed by atoms with Crippen molar-refractivity contribution in [1.29, 1.82) is 0 Å². The minimum atomic E-state index is 0.499. The van der Waals surface area contributed by atoms with E-state index in [2.05, 4.69) is 37.7 Å². The number of aryl methyl sites for hydroxylation is 1. The van der Waals surface area contributed by atoms with E-state index < -0.39 is 0 Å². The highest BCUT2D eigenvalue weighted by molar-refractivity contribution is 5.45. The molecule has 0 amide bonds. The van der Waals surface area contributed by atoms with E-state index >= 15 is 0 Å². The summed E-state index contributed by atoms with van der Waals surface area (Å²) in [6.07, 6.45) is 8.62. The largest absolute Gasteiger partial charge is 0.351 e. The fraction of sp³-hybridized carbons (Fsp3) is 0.579. The molecule has 25 heavy (non-hydrogen) atoms.